The van der Waals surface area contributed by atoms with E-state index in [1.54, 1.807) is 50.3 Å². The summed E-state index contributed by atoms with van der Waals surface area (Å²) < 4.78 is 58.7. The topological polar surface area (TPSA) is 93.0 Å². The second-order valence-electron chi connectivity index (χ2n) is 6.98. The molecule has 29 heavy (non-hydrogen) atoms. The van der Waals surface area contributed by atoms with E-state index < -0.39 is 20.0 Å². The van der Waals surface area contributed by atoms with Gasteiger partial charge < -0.3 is 0 Å². The van der Waals surface area contributed by atoms with E-state index >= 15 is 0 Å². The third kappa shape index (κ3) is 3.28. The highest BCUT2D eigenvalue weighted by Gasteiger charge is 2.33. The minimum atomic E-state index is -3.92. The lowest BCUT2D eigenvalue weighted by atomic mass is 9.86. The van der Waals surface area contributed by atoms with Gasteiger partial charge in [-0.25, -0.2) is 0 Å². The lowest BCUT2D eigenvalue weighted by Crippen LogP contribution is -2.23. The van der Waals surface area contributed by atoms with E-state index in [9.17, 15) is 16.8 Å². The fraction of sp³-hybridized carbons (Fsp3) is 0.143. The highest BCUT2D eigenvalue weighted by atomic mass is 32.2. The molecule has 4 rings (SSSR count). The largest absolute Gasteiger partial charge is 0.283 e. The summed E-state index contributed by atoms with van der Waals surface area (Å²) in [6, 6.07) is 13.0. The number of aryl methyl sites for hydroxylation is 1. The molecule has 1 aliphatic carbocycles. The van der Waals surface area contributed by atoms with Crippen LogP contribution in [0.4, 0.5) is 0 Å². The molecule has 1 aliphatic heterocycles. The Morgan fingerprint density at radius 3 is 2.24 bits per heavy atom. The molecule has 8 heteroatoms. The third-order valence-electron chi connectivity index (χ3n) is 5.04. The Labute approximate surface area is 170 Å². The highest BCUT2D eigenvalue weighted by Crippen LogP contribution is 2.37. The summed E-state index contributed by atoms with van der Waals surface area (Å²) in [6.45, 7) is 5.31. The smallest absolute Gasteiger partial charge is 0.199 e. The van der Waals surface area contributed by atoms with Crippen molar-refractivity contribution in [3.8, 4) is 0 Å². The number of benzene rings is 2. The molecule has 2 aromatic carbocycles. The fourth-order valence-corrected chi connectivity index (χ4v) is 5.59. The van der Waals surface area contributed by atoms with Crippen LogP contribution in [0.1, 0.15) is 25.0 Å². The van der Waals surface area contributed by atoms with Crippen LogP contribution in [0.2, 0.25) is 0 Å². The maximum absolute atomic E-state index is 12.8. The van der Waals surface area contributed by atoms with Crippen molar-refractivity contribution in [2.24, 2.45) is 8.80 Å². The van der Waals surface area contributed by atoms with E-state index in [2.05, 4.69) is 8.80 Å². The van der Waals surface area contributed by atoms with Crippen molar-refractivity contribution in [3.05, 3.63) is 76.9 Å². The first-order valence-corrected chi connectivity index (χ1v) is 11.7. The Hall–Kier alpha value is -2.84. The molecule has 6 nitrogen and oxygen atoms in total. The lowest BCUT2D eigenvalue weighted by Gasteiger charge is -2.25. The first-order valence-electron chi connectivity index (χ1n) is 8.86. The molecule has 0 bridgehead atoms. The van der Waals surface area contributed by atoms with Crippen molar-refractivity contribution in [2.45, 2.75) is 30.6 Å². The number of hydrogen-bond donors (Lipinski definition) is 0. The number of allylic oxidation sites excluding steroid dienone is 4. The Morgan fingerprint density at radius 1 is 0.897 bits per heavy atom. The maximum atomic E-state index is 12.8. The lowest BCUT2D eigenvalue weighted by molar-refractivity contribution is 0.595. The number of hydrogen-bond acceptors (Lipinski definition) is 4. The average molecular weight is 427 g/mol. The summed E-state index contributed by atoms with van der Waals surface area (Å²) in [7, 11) is -7.73. The van der Waals surface area contributed by atoms with Crippen molar-refractivity contribution in [3.63, 3.8) is 0 Å². The van der Waals surface area contributed by atoms with Gasteiger partial charge in [0.25, 0.3) is 20.0 Å². The van der Waals surface area contributed by atoms with Crippen LogP contribution in [-0.2, 0) is 20.0 Å². The molecule has 0 radical (unpaired) electrons. The van der Waals surface area contributed by atoms with E-state index in [0.717, 1.165) is 5.56 Å². The van der Waals surface area contributed by atoms with Crippen molar-refractivity contribution in [1.82, 2.24) is 0 Å². The zero-order valence-electron chi connectivity index (χ0n) is 16.0. The molecule has 0 amide bonds. The standard InChI is InChI=1S/C21H18N2O4S2/c1-13-8-10-16(11-9-13)28(24,25)22-19-12-18-17-6-4-5-7-20(17)29(26,27)23-21(18)15(3)14(19)2/h4-12H,1-3H3. The first kappa shape index (κ1) is 19.5. The monoisotopic (exact) mass is 426 g/mol. The number of rotatable bonds is 2. The molecule has 0 saturated carbocycles. The Morgan fingerprint density at radius 2 is 1.55 bits per heavy atom. The van der Waals surface area contributed by atoms with E-state index in [1.807, 2.05) is 6.92 Å². The number of nitrogens with zero attached hydrogens (tertiary/aromatic N) is 2. The summed E-state index contributed by atoms with van der Waals surface area (Å²) >= 11 is 0. The van der Waals surface area contributed by atoms with Gasteiger partial charge in [-0.05, 0) is 56.2 Å². The van der Waals surface area contributed by atoms with Gasteiger partial charge in [-0.1, -0.05) is 35.9 Å². The molecule has 2 aliphatic rings. The van der Waals surface area contributed by atoms with Gasteiger partial charge in [-0.3, -0.25) is 0 Å². The number of sulfonamides is 2. The first-order chi connectivity index (χ1) is 13.6. The molecule has 1 heterocycles. The predicted octanol–water partition coefficient (Wildman–Crippen LogP) is 3.70. The van der Waals surface area contributed by atoms with Gasteiger partial charge in [0.1, 0.15) is 0 Å². The van der Waals surface area contributed by atoms with Crippen LogP contribution in [0.3, 0.4) is 0 Å². The molecule has 0 N–H and O–H groups in total. The second kappa shape index (κ2) is 6.60. The van der Waals surface area contributed by atoms with E-state index in [0.29, 0.717) is 28.0 Å². The summed E-state index contributed by atoms with van der Waals surface area (Å²) in [6.07, 6.45) is 1.60. The molecule has 0 spiro atoms. The van der Waals surface area contributed by atoms with Crippen molar-refractivity contribution in [2.75, 3.05) is 0 Å². The van der Waals surface area contributed by atoms with Gasteiger partial charge in [-0.2, -0.15) is 25.6 Å². The van der Waals surface area contributed by atoms with Gasteiger partial charge in [0.15, 0.2) is 0 Å². The molecular formula is C21H18N2O4S2. The molecular weight excluding hydrogens is 408 g/mol. The van der Waals surface area contributed by atoms with Crippen LogP contribution in [0.5, 0.6) is 0 Å². The van der Waals surface area contributed by atoms with E-state index in [-0.39, 0.29) is 15.5 Å². The zero-order chi connectivity index (χ0) is 21.0. The van der Waals surface area contributed by atoms with Gasteiger partial charge in [0.2, 0.25) is 0 Å². The minimum Gasteiger partial charge on any atom is -0.199 e. The fourth-order valence-electron chi connectivity index (χ4n) is 3.28. The summed E-state index contributed by atoms with van der Waals surface area (Å²) in [5.41, 5.74) is 3.74. The van der Waals surface area contributed by atoms with Crippen molar-refractivity contribution in [1.29, 1.82) is 0 Å². The van der Waals surface area contributed by atoms with Gasteiger partial charge in [-0.15, -0.1) is 0 Å². The molecule has 0 aromatic heterocycles. The summed E-state index contributed by atoms with van der Waals surface area (Å²) in [4.78, 5) is 0.202. The summed E-state index contributed by atoms with van der Waals surface area (Å²) in [5.74, 6) is 0. The quantitative estimate of drug-likeness (QED) is 0.685. The molecule has 0 fully saturated rings. The SMILES string of the molecule is CC1=C(C)C2=NS(=O)(=O)c3ccccc3C2=CC1=NS(=O)(=O)c1ccc(C)cc1. The Kier molecular flexibility index (Phi) is 4.43. The maximum Gasteiger partial charge on any atom is 0.283 e. The van der Waals surface area contributed by atoms with Crippen LogP contribution in [-0.4, -0.2) is 28.3 Å². The average Bonchev–Trinajstić information content (AvgIpc) is 2.67. The zero-order valence-corrected chi connectivity index (χ0v) is 17.7. The van der Waals surface area contributed by atoms with Gasteiger partial charge >= 0.3 is 0 Å². The second-order valence-corrected chi connectivity index (χ2v) is 10.2. The van der Waals surface area contributed by atoms with Crippen LogP contribution < -0.4 is 0 Å². The van der Waals surface area contributed by atoms with Gasteiger partial charge in [0.05, 0.1) is 21.2 Å². The minimum absolute atomic E-state index is 0.100. The molecule has 0 saturated heterocycles. The third-order valence-corrected chi connectivity index (χ3v) is 7.68. The predicted molar refractivity (Wildman–Crippen MR) is 113 cm³/mol. The van der Waals surface area contributed by atoms with Crippen LogP contribution in [0.25, 0.3) is 5.57 Å². The molecule has 0 unspecified atom stereocenters. The Bertz CT molecular complexity index is 1380. The van der Waals surface area contributed by atoms with E-state index in [1.165, 1.54) is 18.2 Å². The van der Waals surface area contributed by atoms with Crippen LogP contribution >= 0.6 is 0 Å². The molecule has 148 valence electrons. The van der Waals surface area contributed by atoms with Gasteiger partial charge in [0, 0.05) is 11.1 Å². The summed E-state index contributed by atoms with van der Waals surface area (Å²) in [5, 5.41) is 0. The normalized spacial score (nSPS) is 19.3. The highest BCUT2D eigenvalue weighted by molar-refractivity contribution is 7.90. The molecule has 0 atom stereocenters. The van der Waals surface area contributed by atoms with E-state index in [4.69, 9.17) is 0 Å². The molecule has 2 aromatic rings. The van der Waals surface area contributed by atoms with Crippen molar-refractivity contribution < 1.29 is 16.8 Å². The number of fused-ring (bicyclic) bond motifs is 3. The Balaban J connectivity index is 1.92. The van der Waals surface area contributed by atoms with Crippen molar-refractivity contribution >= 4 is 37.0 Å². The van der Waals surface area contributed by atoms with Crippen LogP contribution in [0.15, 0.2) is 84.3 Å². The van der Waals surface area contributed by atoms with Crippen LogP contribution in [0, 0.1) is 6.92 Å².